The number of ether oxygens (including phenoxy) is 1. The van der Waals surface area contributed by atoms with Gasteiger partial charge in [0, 0.05) is 18.8 Å². The number of hydrogen-bond acceptors (Lipinski definition) is 6. The lowest BCUT2D eigenvalue weighted by atomic mass is 10.2. The van der Waals surface area contributed by atoms with Crippen LogP contribution in [0.4, 0.5) is 8.78 Å². The molecule has 5 rings (SSSR count). The van der Waals surface area contributed by atoms with Gasteiger partial charge in [-0.2, -0.15) is 4.98 Å². The lowest BCUT2D eigenvalue weighted by molar-refractivity contribution is 0.267. The van der Waals surface area contributed by atoms with Gasteiger partial charge in [0.25, 0.3) is 0 Å². The highest BCUT2D eigenvalue weighted by molar-refractivity contribution is 5.78. The molecule has 0 atom stereocenters. The fraction of sp³-hybridized carbons (Fsp3) is 0.143. The SMILES string of the molecule is COc1cnc2ccn(-c3cnc4nc(CO)n(Cc5cc(F)cc(F)c5)c4c3)c2n1. The molecule has 0 saturated carbocycles. The first kappa shape index (κ1) is 19.1. The minimum atomic E-state index is -0.671. The molecule has 1 N–H and O–H groups in total. The Morgan fingerprint density at radius 3 is 2.58 bits per heavy atom. The van der Waals surface area contributed by atoms with Crippen molar-refractivity contribution in [1.29, 1.82) is 0 Å². The molecular weight excluding hydrogens is 406 g/mol. The van der Waals surface area contributed by atoms with Crippen LogP contribution in [-0.2, 0) is 13.2 Å². The summed E-state index contributed by atoms with van der Waals surface area (Å²) in [5, 5.41) is 9.76. The molecule has 0 aliphatic rings. The zero-order chi connectivity index (χ0) is 21.5. The normalized spacial score (nSPS) is 11.5. The van der Waals surface area contributed by atoms with Gasteiger partial charge in [-0.3, -0.25) is 4.57 Å². The summed E-state index contributed by atoms with van der Waals surface area (Å²) in [6, 6.07) is 6.95. The number of aliphatic hydroxyl groups excluding tert-OH is 1. The predicted molar refractivity (Wildman–Crippen MR) is 108 cm³/mol. The number of aliphatic hydroxyl groups is 1. The van der Waals surface area contributed by atoms with E-state index in [4.69, 9.17) is 4.74 Å². The molecule has 156 valence electrons. The Labute approximate surface area is 174 Å². The van der Waals surface area contributed by atoms with Crippen molar-refractivity contribution in [3.05, 3.63) is 71.9 Å². The second kappa shape index (κ2) is 7.40. The van der Waals surface area contributed by atoms with E-state index in [1.807, 2.05) is 18.3 Å². The van der Waals surface area contributed by atoms with Crippen LogP contribution in [-0.4, -0.2) is 41.3 Å². The standard InChI is InChI=1S/C21H16F2N6O2/c1-31-19-9-24-16-2-3-28(21(16)27-19)15-7-17-20(25-8-15)26-18(11-30)29(17)10-12-4-13(22)6-14(23)5-12/h2-9,30H,10-11H2,1H3. The summed E-state index contributed by atoms with van der Waals surface area (Å²) in [4.78, 5) is 17.5. The van der Waals surface area contributed by atoms with Crippen molar-refractivity contribution in [2.45, 2.75) is 13.2 Å². The van der Waals surface area contributed by atoms with Crippen molar-refractivity contribution in [2.24, 2.45) is 0 Å². The molecule has 5 aromatic rings. The predicted octanol–water partition coefficient (Wildman–Crippen LogP) is 2.99. The molecule has 0 bridgehead atoms. The molecule has 0 radical (unpaired) electrons. The third-order valence-electron chi connectivity index (χ3n) is 4.93. The summed E-state index contributed by atoms with van der Waals surface area (Å²) in [5.74, 6) is -0.629. The van der Waals surface area contributed by atoms with Crippen LogP contribution in [0.3, 0.4) is 0 Å². The van der Waals surface area contributed by atoms with E-state index in [-0.39, 0.29) is 13.2 Å². The van der Waals surface area contributed by atoms with Crippen LogP contribution in [0.2, 0.25) is 0 Å². The number of benzene rings is 1. The molecule has 31 heavy (non-hydrogen) atoms. The Hall–Kier alpha value is -3.92. The van der Waals surface area contributed by atoms with E-state index >= 15 is 0 Å². The van der Waals surface area contributed by atoms with Crippen LogP contribution in [0, 0.1) is 11.6 Å². The van der Waals surface area contributed by atoms with E-state index in [2.05, 4.69) is 19.9 Å². The molecule has 0 unspecified atom stereocenters. The van der Waals surface area contributed by atoms with Crippen LogP contribution in [0.5, 0.6) is 5.88 Å². The second-order valence-electron chi connectivity index (χ2n) is 6.89. The van der Waals surface area contributed by atoms with Crippen LogP contribution in [0.25, 0.3) is 28.0 Å². The second-order valence-corrected chi connectivity index (χ2v) is 6.89. The van der Waals surface area contributed by atoms with Gasteiger partial charge >= 0.3 is 0 Å². The molecule has 10 heteroatoms. The number of halogens is 2. The fourth-order valence-electron chi connectivity index (χ4n) is 3.55. The molecule has 0 aliphatic carbocycles. The highest BCUT2D eigenvalue weighted by Crippen LogP contribution is 2.24. The van der Waals surface area contributed by atoms with Crippen molar-refractivity contribution >= 4 is 22.3 Å². The number of aromatic nitrogens is 6. The van der Waals surface area contributed by atoms with Gasteiger partial charge in [0.2, 0.25) is 5.88 Å². The summed E-state index contributed by atoms with van der Waals surface area (Å²) in [7, 11) is 1.51. The highest BCUT2D eigenvalue weighted by Gasteiger charge is 2.15. The van der Waals surface area contributed by atoms with Gasteiger partial charge in [-0.1, -0.05) is 0 Å². The maximum Gasteiger partial charge on any atom is 0.234 e. The average Bonchev–Trinajstić information content (AvgIpc) is 3.33. The smallest absolute Gasteiger partial charge is 0.234 e. The molecule has 0 fully saturated rings. The van der Waals surface area contributed by atoms with Crippen molar-refractivity contribution in [2.75, 3.05) is 7.11 Å². The van der Waals surface area contributed by atoms with E-state index in [0.717, 1.165) is 6.07 Å². The van der Waals surface area contributed by atoms with Crippen LogP contribution in [0.1, 0.15) is 11.4 Å². The molecule has 0 saturated heterocycles. The lowest BCUT2D eigenvalue weighted by Gasteiger charge is -2.10. The third-order valence-corrected chi connectivity index (χ3v) is 4.93. The van der Waals surface area contributed by atoms with Gasteiger partial charge < -0.3 is 14.4 Å². The van der Waals surface area contributed by atoms with Crippen molar-refractivity contribution < 1.29 is 18.6 Å². The van der Waals surface area contributed by atoms with Crippen molar-refractivity contribution in [3.8, 4) is 11.6 Å². The number of imidazole rings is 1. The zero-order valence-electron chi connectivity index (χ0n) is 16.3. The molecule has 4 heterocycles. The van der Waals surface area contributed by atoms with E-state index in [9.17, 15) is 13.9 Å². The van der Waals surface area contributed by atoms with Crippen molar-refractivity contribution in [1.82, 2.24) is 29.1 Å². The monoisotopic (exact) mass is 422 g/mol. The minimum absolute atomic E-state index is 0.117. The van der Waals surface area contributed by atoms with Gasteiger partial charge in [-0.25, -0.2) is 23.7 Å². The fourth-order valence-corrected chi connectivity index (χ4v) is 3.55. The summed E-state index contributed by atoms with van der Waals surface area (Å²) in [6.45, 7) is -0.231. The Balaban J connectivity index is 1.65. The molecule has 4 aromatic heterocycles. The molecule has 8 nitrogen and oxygen atoms in total. The first-order valence-electron chi connectivity index (χ1n) is 9.35. The maximum atomic E-state index is 13.7. The molecule has 0 spiro atoms. The van der Waals surface area contributed by atoms with E-state index in [1.165, 1.54) is 25.4 Å². The number of methoxy groups -OCH3 is 1. The van der Waals surface area contributed by atoms with Gasteiger partial charge in [-0.15, -0.1) is 0 Å². The first-order valence-corrected chi connectivity index (χ1v) is 9.35. The molecule has 1 aromatic carbocycles. The van der Waals surface area contributed by atoms with E-state index in [0.29, 0.717) is 45.3 Å². The van der Waals surface area contributed by atoms with Crippen LogP contribution < -0.4 is 4.74 Å². The zero-order valence-corrected chi connectivity index (χ0v) is 16.3. The Morgan fingerprint density at radius 1 is 1.03 bits per heavy atom. The third kappa shape index (κ3) is 3.36. The van der Waals surface area contributed by atoms with Gasteiger partial charge in [0.15, 0.2) is 11.3 Å². The van der Waals surface area contributed by atoms with Gasteiger partial charge in [-0.05, 0) is 29.8 Å². The molecule has 0 amide bonds. The quantitative estimate of drug-likeness (QED) is 0.468. The van der Waals surface area contributed by atoms with Crippen molar-refractivity contribution in [3.63, 3.8) is 0 Å². The summed E-state index contributed by atoms with van der Waals surface area (Å²) >= 11 is 0. The van der Waals surface area contributed by atoms with Gasteiger partial charge in [0.1, 0.15) is 29.6 Å². The summed E-state index contributed by atoms with van der Waals surface area (Å²) in [5.41, 5.74) is 3.36. The van der Waals surface area contributed by atoms with Gasteiger partial charge in [0.05, 0.1) is 30.7 Å². The first-order chi connectivity index (χ1) is 15.1. The number of pyridine rings is 1. The summed E-state index contributed by atoms with van der Waals surface area (Å²) in [6.07, 6.45) is 4.97. The lowest BCUT2D eigenvalue weighted by Crippen LogP contribution is -2.06. The number of rotatable bonds is 5. The van der Waals surface area contributed by atoms with Crippen LogP contribution in [0.15, 0.2) is 48.9 Å². The average molecular weight is 422 g/mol. The Bertz CT molecular complexity index is 1410. The number of nitrogens with zero attached hydrogens (tertiary/aromatic N) is 6. The number of fused-ring (bicyclic) bond motifs is 2. The maximum absolute atomic E-state index is 13.7. The summed E-state index contributed by atoms with van der Waals surface area (Å²) < 4.78 is 36.0. The largest absolute Gasteiger partial charge is 0.480 e. The highest BCUT2D eigenvalue weighted by atomic mass is 19.1. The Morgan fingerprint density at radius 2 is 1.84 bits per heavy atom. The van der Waals surface area contributed by atoms with Crippen LogP contribution >= 0.6 is 0 Å². The molecular formula is C21H16F2N6O2. The van der Waals surface area contributed by atoms with E-state index < -0.39 is 11.6 Å². The topological polar surface area (TPSA) is 90.9 Å². The van der Waals surface area contributed by atoms with E-state index in [1.54, 1.807) is 15.3 Å². The Kier molecular flexibility index (Phi) is 4.55. The minimum Gasteiger partial charge on any atom is -0.480 e. The molecule has 0 aliphatic heterocycles. The number of hydrogen-bond donors (Lipinski definition) is 1.